The van der Waals surface area contributed by atoms with Crippen LogP contribution in [-0.2, 0) is 11.3 Å². The zero-order chi connectivity index (χ0) is 16.7. The van der Waals surface area contributed by atoms with Crippen LogP contribution in [0.5, 0.6) is 0 Å². The van der Waals surface area contributed by atoms with Gasteiger partial charge in [0.05, 0.1) is 5.57 Å². The molecule has 0 saturated heterocycles. The molecule has 0 aromatic heterocycles. The van der Waals surface area contributed by atoms with Gasteiger partial charge in [0.15, 0.2) is 0 Å². The van der Waals surface area contributed by atoms with Crippen molar-refractivity contribution in [3.05, 3.63) is 77.4 Å². The molecule has 0 amide bonds. The number of carboxylic acids is 1. The lowest BCUT2D eigenvalue weighted by Crippen LogP contribution is -2.21. The van der Waals surface area contributed by atoms with Gasteiger partial charge in [0.25, 0.3) is 0 Å². The third kappa shape index (κ3) is 4.30. The first-order valence-electron chi connectivity index (χ1n) is 8.01. The first-order valence-corrected chi connectivity index (χ1v) is 8.01. The van der Waals surface area contributed by atoms with Crippen LogP contribution in [0.1, 0.15) is 25.0 Å². The summed E-state index contributed by atoms with van der Waals surface area (Å²) in [6.07, 6.45) is 0. The summed E-state index contributed by atoms with van der Waals surface area (Å²) in [5, 5.41) is 9.44. The molecule has 0 spiro atoms. The first kappa shape index (κ1) is 17.0. The molecule has 1 aliphatic heterocycles. The van der Waals surface area contributed by atoms with Gasteiger partial charge in [-0.3, -0.25) is 4.90 Å². The van der Waals surface area contributed by atoms with Crippen molar-refractivity contribution in [1.29, 1.82) is 0 Å². The summed E-state index contributed by atoms with van der Waals surface area (Å²) >= 11 is 0. The van der Waals surface area contributed by atoms with Crippen LogP contribution in [0.2, 0.25) is 0 Å². The minimum Gasteiger partial charge on any atom is -0.478 e. The predicted molar refractivity (Wildman–Crippen MR) is 94.1 cm³/mol. The van der Waals surface area contributed by atoms with Crippen molar-refractivity contribution in [2.75, 3.05) is 13.1 Å². The summed E-state index contributed by atoms with van der Waals surface area (Å²) in [5.74, 6) is -0.815. The van der Waals surface area contributed by atoms with E-state index >= 15 is 0 Å². The van der Waals surface area contributed by atoms with Gasteiger partial charge >= 0.3 is 5.97 Å². The standard InChI is InChI=1S/C18H17NO2.C2H6/c20-18(21)17-13-19(11-14-7-3-1-4-8-14)12-16(17)15-9-5-2-6-10-15;1-2/h1-10H,11-13H2,(H,20,21);1-2H3. The second-order valence-electron chi connectivity index (χ2n) is 5.26. The van der Waals surface area contributed by atoms with Crippen molar-refractivity contribution < 1.29 is 9.90 Å². The van der Waals surface area contributed by atoms with E-state index < -0.39 is 5.97 Å². The van der Waals surface area contributed by atoms with E-state index in [1.54, 1.807) is 0 Å². The number of nitrogens with zero attached hydrogens (tertiary/aromatic N) is 1. The van der Waals surface area contributed by atoms with E-state index in [9.17, 15) is 9.90 Å². The molecule has 0 atom stereocenters. The molecule has 3 rings (SSSR count). The van der Waals surface area contributed by atoms with E-state index in [1.165, 1.54) is 5.56 Å². The van der Waals surface area contributed by atoms with E-state index in [0.717, 1.165) is 17.7 Å². The molecular formula is C20H23NO2. The SMILES string of the molecule is CC.O=C(O)C1=C(c2ccccc2)CN(Cc2ccccc2)C1. The quantitative estimate of drug-likeness (QED) is 0.925. The highest BCUT2D eigenvalue weighted by Gasteiger charge is 2.27. The van der Waals surface area contributed by atoms with Gasteiger partial charge in [-0.2, -0.15) is 0 Å². The van der Waals surface area contributed by atoms with Gasteiger partial charge < -0.3 is 5.11 Å². The Hall–Kier alpha value is -2.39. The fraction of sp³-hybridized carbons (Fsp3) is 0.250. The smallest absolute Gasteiger partial charge is 0.333 e. The Morgan fingerprint density at radius 2 is 1.52 bits per heavy atom. The molecule has 0 unspecified atom stereocenters. The van der Waals surface area contributed by atoms with E-state index in [2.05, 4.69) is 17.0 Å². The maximum atomic E-state index is 11.5. The number of aliphatic carboxylic acids is 1. The summed E-state index contributed by atoms with van der Waals surface area (Å²) in [7, 11) is 0. The topological polar surface area (TPSA) is 40.5 Å². The molecule has 3 nitrogen and oxygen atoms in total. The Morgan fingerprint density at radius 3 is 2.09 bits per heavy atom. The number of benzene rings is 2. The van der Waals surface area contributed by atoms with Crippen molar-refractivity contribution in [2.45, 2.75) is 20.4 Å². The average molecular weight is 309 g/mol. The largest absolute Gasteiger partial charge is 0.478 e. The molecule has 0 aliphatic carbocycles. The number of hydrogen-bond acceptors (Lipinski definition) is 2. The second-order valence-corrected chi connectivity index (χ2v) is 5.26. The monoisotopic (exact) mass is 309 g/mol. The minimum absolute atomic E-state index is 0.494. The molecule has 3 heteroatoms. The maximum Gasteiger partial charge on any atom is 0.333 e. The summed E-state index contributed by atoms with van der Waals surface area (Å²) in [6.45, 7) is 5.95. The minimum atomic E-state index is -0.815. The highest BCUT2D eigenvalue weighted by atomic mass is 16.4. The first-order chi connectivity index (χ1) is 11.2. The van der Waals surface area contributed by atoms with E-state index in [4.69, 9.17) is 0 Å². The van der Waals surface area contributed by atoms with Crippen molar-refractivity contribution in [2.24, 2.45) is 0 Å². The van der Waals surface area contributed by atoms with Gasteiger partial charge in [-0.25, -0.2) is 4.79 Å². The number of hydrogen-bond donors (Lipinski definition) is 1. The Labute approximate surface area is 137 Å². The van der Waals surface area contributed by atoms with Crippen LogP contribution in [0.4, 0.5) is 0 Å². The van der Waals surface area contributed by atoms with E-state index in [-0.39, 0.29) is 0 Å². The summed E-state index contributed by atoms with van der Waals surface area (Å²) in [6, 6.07) is 19.9. The van der Waals surface area contributed by atoms with Crippen LogP contribution >= 0.6 is 0 Å². The second kappa shape index (κ2) is 8.30. The predicted octanol–water partition coefficient (Wildman–Crippen LogP) is 4.07. The Kier molecular flexibility index (Phi) is 6.12. The Morgan fingerprint density at radius 1 is 0.957 bits per heavy atom. The number of carbonyl (C=O) groups is 1. The Bertz CT molecular complexity index is 663. The van der Waals surface area contributed by atoms with E-state index in [1.807, 2.05) is 62.4 Å². The van der Waals surface area contributed by atoms with Crippen molar-refractivity contribution in [3.63, 3.8) is 0 Å². The zero-order valence-corrected chi connectivity index (χ0v) is 13.7. The average Bonchev–Trinajstić information content (AvgIpc) is 3.02. The molecular weight excluding hydrogens is 286 g/mol. The molecule has 1 heterocycles. The molecule has 0 bridgehead atoms. The molecule has 1 N–H and O–H groups in total. The van der Waals surface area contributed by atoms with Gasteiger partial charge in [0.2, 0.25) is 0 Å². The third-order valence-electron chi connectivity index (χ3n) is 3.76. The number of carboxylic acid groups (broad SMARTS) is 1. The Balaban J connectivity index is 0.000000924. The third-order valence-corrected chi connectivity index (χ3v) is 3.76. The fourth-order valence-corrected chi connectivity index (χ4v) is 2.75. The fourth-order valence-electron chi connectivity index (χ4n) is 2.75. The van der Waals surface area contributed by atoms with Crippen LogP contribution in [0, 0.1) is 0 Å². The lowest BCUT2D eigenvalue weighted by Gasteiger charge is -2.16. The van der Waals surface area contributed by atoms with Gasteiger partial charge in [-0.15, -0.1) is 0 Å². The number of rotatable bonds is 4. The molecule has 0 fully saturated rings. The molecule has 1 aliphatic rings. The van der Waals surface area contributed by atoms with Crippen LogP contribution in [0.3, 0.4) is 0 Å². The van der Waals surface area contributed by atoms with Crippen LogP contribution in [0.25, 0.3) is 5.57 Å². The van der Waals surface area contributed by atoms with Crippen molar-refractivity contribution in [1.82, 2.24) is 4.90 Å². The summed E-state index contributed by atoms with van der Waals surface area (Å²) in [4.78, 5) is 13.7. The van der Waals surface area contributed by atoms with Crippen LogP contribution in [-0.4, -0.2) is 29.1 Å². The molecule has 0 saturated carbocycles. The lowest BCUT2D eigenvalue weighted by molar-refractivity contribution is -0.132. The molecule has 2 aromatic carbocycles. The summed E-state index contributed by atoms with van der Waals surface area (Å²) < 4.78 is 0. The molecule has 120 valence electrons. The maximum absolute atomic E-state index is 11.5. The van der Waals surface area contributed by atoms with Crippen molar-refractivity contribution >= 4 is 11.5 Å². The molecule has 0 radical (unpaired) electrons. The van der Waals surface area contributed by atoms with Gasteiger partial charge in [0.1, 0.15) is 0 Å². The zero-order valence-electron chi connectivity index (χ0n) is 13.7. The molecule has 23 heavy (non-hydrogen) atoms. The highest BCUT2D eigenvalue weighted by Crippen LogP contribution is 2.28. The van der Waals surface area contributed by atoms with Crippen LogP contribution in [0.15, 0.2) is 66.2 Å². The molecule has 2 aromatic rings. The normalized spacial score (nSPS) is 14.3. The van der Waals surface area contributed by atoms with Gasteiger partial charge in [-0.1, -0.05) is 74.5 Å². The van der Waals surface area contributed by atoms with E-state index in [0.29, 0.717) is 18.7 Å². The summed E-state index contributed by atoms with van der Waals surface area (Å²) in [5.41, 5.74) is 3.65. The van der Waals surface area contributed by atoms with Crippen LogP contribution < -0.4 is 0 Å². The van der Waals surface area contributed by atoms with Gasteiger partial charge in [0, 0.05) is 19.6 Å². The highest BCUT2D eigenvalue weighted by molar-refractivity contribution is 5.98. The van der Waals surface area contributed by atoms with Gasteiger partial charge in [-0.05, 0) is 16.7 Å². The lowest BCUT2D eigenvalue weighted by atomic mass is 10.0. The van der Waals surface area contributed by atoms with Crippen molar-refractivity contribution in [3.8, 4) is 0 Å².